The second-order valence-electron chi connectivity index (χ2n) is 11.6. The smallest absolute Gasteiger partial charge is 0.323 e. The van der Waals surface area contributed by atoms with Gasteiger partial charge in [-0.1, -0.05) is 0 Å². The Hall–Kier alpha value is -4.80. The average molecular weight is 594 g/mol. The Balaban J connectivity index is 1.06. The Morgan fingerprint density at radius 2 is 1.68 bits per heavy atom. The number of piperazine rings is 1. The molecule has 3 fully saturated rings. The molecule has 2 atom stereocenters. The minimum absolute atomic E-state index is 0.207. The number of nitriles is 1. The van der Waals surface area contributed by atoms with E-state index in [0.29, 0.717) is 35.8 Å². The van der Waals surface area contributed by atoms with E-state index in [2.05, 4.69) is 48.5 Å². The number of ether oxygens (including phenoxy) is 1. The lowest BCUT2D eigenvalue weighted by Crippen LogP contribution is -2.44. The minimum Gasteiger partial charge on any atom is -0.371 e. The number of rotatable bonds is 7. The summed E-state index contributed by atoms with van der Waals surface area (Å²) in [5.41, 5.74) is 2.77. The third-order valence-corrected chi connectivity index (χ3v) is 8.49. The van der Waals surface area contributed by atoms with Crippen LogP contribution < -0.4 is 20.4 Å². The summed E-state index contributed by atoms with van der Waals surface area (Å²) in [6, 6.07) is 13.1. The fourth-order valence-corrected chi connectivity index (χ4v) is 6.10. The molecule has 2 unspecified atom stereocenters. The first kappa shape index (κ1) is 28.0. The van der Waals surface area contributed by atoms with Gasteiger partial charge in [0.1, 0.15) is 11.6 Å². The number of nitrogens with zero attached hydrogens (tertiary/aromatic N) is 9. The normalized spacial score (nSPS) is 20.1. The highest BCUT2D eigenvalue weighted by Crippen LogP contribution is 2.34. The number of carbonyl (C=O) groups is 1. The Morgan fingerprint density at radius 1 is 0.955 bits per heavy atom. The highest BCUT2D eigenvalue weighted by atomic mass is 16.5. The molecule has 3 saturated heterocycles. The first-order chi connectivity index (χ1) is 21.5. The number of pyridine rings is 1. The van der Waals surface area contributed by atoms with Crippen molar-refractivity contribution in [3.8, 4) is 17.5 Å². The Bertz CT molecular complexity index is 1660. The van der Waals surface area contributed by atoms with Gasteiger partial charge in [-0.25, -0.2) is 24.4 Å². The van der Waals surface area contributed by atoms with Gasteiger partial charge >= 0.3 is 6.03 Å². The van der Waals surface area contributed by atoms with Crippen LogP contribution in [0.3, 0.4) is 0 Å². The zero-order valence-corrected chi connectivity index (χ0v) is 24.7. The number of hydrogen-bond donors (Lipinski definition) is 2. The van der Waals surface area contributed by atoms with Gasteiger partial charge in [0.25, 0.3) is 0 Å². The van der Waals surface area contributed by atoms with Gasteiger partial charge in [0.05, 0.1) is 54.7 Å². The van der Waals surface area contributed by atoms with Crippen LogP contribution >= 0.6 is 0 Å². The molecule has 1 aromatic carbocycles. The molecule has 0 spiro atoms. The van der Waals surface area contributed by atoms with E-state index < -0.39 is 0 Å². The van der Waals surface area contributed by atoms with Crippen molar-refractivity contribution in [3.05, 3.63) is 48.8 Å². The number of amides is 2. The quantitative estimate of drug-likeness (QED) is 0.327. The summed E-state index contributed by atoms with van der Waals surface area (Å²) in [4.78, 5) is 34.0. The summed E-state index contributed by atoms with van der Waals surface area (Å²) >= 11 is 0. The zero-order chi connectivity index (χ0) is 30.0. The van der Waals surface area contributed by atoms with Gasteiger partial charge < -0.3 is 30.1 Å². The van der Waals surface area contributed by atoms with Crippen molar-refractivity contribution in [2.45, 2.75) is 38.0 Å². The van der Waals surface area contributed by atoms with Crippen LogP contribution in [-0.4, -0.2) is 94.2 Å². The minimum atomic E-state index is -0.352. The van der Waals surface area contributed by atoms with Crippen LogP contribution in [0.5, 0.6) is 0 Å². The van der Waals surface area contributed by atoms with Gasteiger partial charge in [-0.05, 0) is 56.3 Å². The van der Waals surface area contributed by atoms with E-state index in [4.69, 9.17) is 20.0 Å². The van der Waals surface area contributed by atoms with Crippen LogP contribution in [0.2, 0.25) is 0 Å². The fraction of sp³-hybridized carbons (Fsp3) is 0.419. The monoisotopic (exact) mass is 593 g/mol. The molecule has 0 saturated carbocycles. The van der Waals surface area contributed by atoms with Crippen molar-refractivity contribution in [2.24, 2.45) is 0 Å². The van der Waals surface area contributed by atoms with E-state index >= 15 is 0 Å². The number of nitrogens with one attached hydrogen (secondary N) is 2. The summed E-state index contributed by atoms with van der Waals surface area (Å²) in [6.07, 6.45) is 6.35. The molecule has 13 nitrogen and oxygen atoms in total. The molecule has 3 aromatic heterocycles. The third kappa shape index (κ3) is 5.86. The SMILES string of the molecule is CN1CCN(c2ccc(NC(=O)Nc3ccc(-c4nc(N5CC6CCC(C5)O6)c5cnn(CCC#N)c5n4)cc3)cn2)CC1. The van der Waals surface area contributed by atoms with E-state index in [1.807, 2.05) is 36.4 Å². The number of fused-ring (bicyclic) bond motifs is 3. The molecule has 13 heteroatoms. The lowest BCUT2D eigenvalue weighted by molar-refractivity contribution is 0.0303. The zero-order valence-electron chi connectivity index (χ0n) is 24.7. The van der Waals surface area contributed by atoms with Gasteiger partial charge in [0.15, 0.2) is 11.5 Å². The van der Waals surface area contributed by atoms with Gasteiger partial charge in [-0.15, -0.1) is 0 Å². The largest absolute Gasteiger partial charge is 0.371 e. The molecule has 2 amide bonds. The summed E-state index contributed by atoms with van der Waals surface area (Å²) in [5.74, 6) is 2.31. The van der Waals surface area contributed by atoms with E-state index in [0.717, 1.165) is 74.7 Å². The van der Waals surface area contributed by atoms with Gasteiger partial charge in [0.2, 0.25) is 0 Å². The molecule has 2 N–H and O–H groups in total. The predicted octanol–water partition coefficient (Wildman–Crippen LogP) is 3.57. The van der Waals surface area contributed by atoms with Crippen LogP contribution in [0.25, 0.3) is 22.4 Å². The number of carbonyl (C=O) groups excluding carboxylic acids is 1. The number of morpholine rings is 1. The highest BCUT2D eigenvalue weighted by molar-refractivity contribution is 5.99. The molecule has 0 aliphatic carbocycles. The molecule has 4 aromatic rings. The molecular weight excluding hydrogens is 558 g/mol. The molecule has 44 heavy (non-hydrogen) atoms. The van der Waals surface area contributed by atoms with E-state index in [1.165, 1.54) is 0 Å². The lowest BCUT2D eigenvalue weighted by atomic mass is 10.2. The van der Waals surface area contributed by atoms with Gasteiger partial charge in [-0.2, -0.15) is 10.4 Å². The number of anilines is 4. The molecule has 3 aliphatic heterocycles. The van der Waals surface area contributed by atoms with Crippen LogP contribution in [-0.2, 0) is 11.3 Å². The number of benzene rings is 1. The van der Waals surface area contributed by atoms with Crippen LogP contribution in [0, 0.1) is 11.3 Å². The third-order valence-electron chi connectivity index (χ3n) is 8.49. The van der Waals surface area contributed by atoms with Crippen molar-refractivity contribution in [2.75, 3.05) is 66.7 Å². The average Bonchev–Trinajstić information content (AvgIpc) is 3.61. The molecule has 6 heterocycles. The molecular formula is C31H35N11O2. The number of hydrogen-bond acceptors (Lipinski definition) is 10. The van der Waals surface area contributed by atoms with Crippen LogP contribution in [0.4, 0.5) is 27.8 Å². The van der Waals surface area contributed by atoms with Crippen molar-refractivity contribution in [1.29, 1.82) is 5.26 Å². The first-order valence-electron chi connectivity index (χ1n) is 15.1. The molecule has 3 aliphatic rings. The highest BCUT2D eigenvalue weighted by Gasteiger charge is 2.35. The van der Waals surface area contributed by atoms with Crippen molar-refractivity contribution in [3.63, 3.8) is 0 Å². The van der Waals surface area contributed by atoms with Crippen molar-refractivity contribution >= 4 is 40.1 Å². The summed E-state index contributed by atoms with van der Waals surface area (Å²) in [5, 5.41) is 20.3. The number of aryl methyl sites for hydroxylation is 1. The maximum atomic E-state index is 12.7. The standard InChI is InChI=1S/C31H35N11O2/c1-39-13-15-40(16-14-39)27-10-7-23(17-33-27)36-31(43)35-22-5-3-21(4-6-22)28-37-29(41-19-24-8-9-25(20-41)44-24)26-18-34-42(12-2-11-32)30(26)38-28/h3-7,10,17-18,24-25H,2,8-9,12-16,19-20H2,1H3,(H2,35,36,43). The Labute approximate surface area is 255 Å². The predicted molar refractivity (Wildman–Crippen MR) is 168 cm³/mol. The second kappa shape index (κ2) is 12.1. The van der Waals surface area contributed by atoms with E-state index in [9.17, 15) is 4.79 Å². The van der Waals surface area contributed by atoms with Crippen LogP contribution in [0.15, 0.2) is 48.8 Å². The van der Waals surface area contributed by atoms with E-state index in [-0.39, 0.29) is 18.2 Å². The number of likely N-dealkylation sites (N-methyl/N-ethyl adjacent to an activating group) is 1. The lowest BCUT2D eigenvalue weighted by Gasteiger charge is -2.33. The maximum absolute atomic E-state index is 12.7. The van der Waals surface area contributed by atoms with Crippen molar-refractivity contribution in [1.82, 2.24) is 29.6 Å². The van der Waals surface area contributed by atoms with Crippen LogP contribution in [0.1, 0.15) is 19.3 Å². The summed E-state index contributed by atoms with van der Waals surface area (Å²) < 4.78 is 7.83. The molecule has 2 bridgehead atoms. The summed E-state index contributed by atoms with van der Waals surface area (Å²) in [7, 11) is 2.12. The van der Waals surface area contributed by atoms with E-state index in [1.54, 1.807) is 17.1 Å². The maximum Gasteiger partial charge on any atom is 0.323 e. The topological polar surface area (TPSA) is 140 Å². The molecule has 7 rings (SSSR count). The number of urea groups is 1. The molecule has 0 radical (unpaired) electrons. The first-order valence-corrected chi connectivity index (χ1v) is 15.1. The fourth-order valence-electron chi connectivity index (χ4n) is 6.10. The van der Waals surface area contributed by atoms with Gasteiger partial charge in [-0.3, -0.25) is 0 Å². The Morgan fingerprint density at radius 3 is 2.39 bits per heavy atom. The number of aromatic nitrogens is 5. The van der Waals surface area contributed by atoms with Gasteiger partial charge in [0, 0.05) is 50.5 Å². The summed E-state index contributed by atoms with van der Waals surface area (Å²) in [6.45, 7) is 5.89. The van der Waals surface area contributed by atoms with Crippen molar-refractivity contribution < 1.29 is 9.53 Å². The molecule has 226 valence electrons. The second-order valence-corrected chi connectivity index (χ2v) is 11.6. The Kier molecular flexibility index (Phi) is 7.68.